The number of hydrogen-bond acceptors (Lipinski definition) is 2. The minimum absolute atomic E-state index is 0.407. The van der Waals surface area contributed by atoms with Crippen molar-refractivity contribution in [2.75, 3.05) is 0 Å². The van der Waals surface area contributed by atoms with Crippen molar-refractivity contribution < 1.29 is 9.53 Å². The molecule has 1 heterocycles. The van der Waals surface area contributed by atoms with Crippen LogP contribution in [0.1, 0.15) is 31.9 Å². The predicted molar refractivity (Wildman–Crippen MR) is 107 cm³/mol. The van der Waals surface area contributed by atoms with Crippen molar-refractivity contribution in [1.82, 2.24) is 4.57 Å². The molecular formula is C23H21NO2. The summed E-state index contributed by atoms with van der Waals surface area (Å²) in [6.07, 6.45) is 9.03. The monoisotopic (exact) mass is 343 g/mol. The first-order valence-electron chi connectivity index (χ1n) is 8.46. The first-order chi connectivity index (χ1) is 12.4. The number of para-hydroxylation sites is 1. The molecule has 0 unspecified atom stereocenters. The molecule has 0 fully saturated rings. The highest BCUT2D eigenvalue weighted by atomic mass is 16.6. The number of rotatable bonds is 2. The molecule has 3 rings (SSSR count). The van der Waals surface area contributed by atoms with Gasteiger partial charge < -0.3 is 4.74 Å². The zero-order valence-electron chi connectivity index (χ0n) is 15.2. The van der Waals surface area contributed by atoms with Crippen LogP contribution in [0.25, 0.3) is 22.6 Å². The van der Waals surface area contributed by atoms with Gasteiger partial charge in [0.25, 0.3) is 0 Å². The highest BCUT2D eigenvalue weighted by molar-refractivity contribution is 6.01. The Balaban J connectivity index is 2.12. The quantitative estimate of drug-likeness (QED) is 0.567. The zero-order chi connectivity index (χ0) is 18.7. The maximum Gasteiger partial charge on any atom is 0.419 e. The minimum atomic E-state index is -0.563. The summed E-state index contributed by atoms with van der Waals surface area (Å²) in [6.45, 7) is 5.55. The fraction of sp³-hybridized carbons (Fsp3) is 0.174. The van der Waals surface area contributed by atoms with Crippen LogP contribution in [0.2, 0.25) is 0 Å². The minimum Gasteiger partial charge on any atom is -0.443 e. The summed E-state index contributed by atoms with van der Waals surface area (Å²) in [5.74, 6) is 2.74. The van der Waals surface area contributed by atoms with Gasteiger partial charge >= 0.3 is 6.09 Å². The van der Waals surface area contributed by atoms with Crippen molar-refractivity contribution in [3.05, 3.63) is 71.9 Å². The van der Waals surface area contributed by atoms with E-state index >= 15 is 0 Å². The van der Waals surface area contributed by atoms with Gasteiger partial charge in [-0.2, -0.15) is 0 Å². The summed E-state index contributed by atoms with van der Waals surface area (Å²) < 4.78 is 7.06. The van der Waals surface area contributed by atoms with Crippen molar-refractivity contribution in [3.8, 4) is 12.3 Å². The maximum atomic E-state index is 12.6. The number of aromatic nitrogens is 1. The Labute approximate surface area is 153 Å². The lowest BCUT2D eigenvalue weighted by Gasteiger charge is -2.19. The van der Waals surface area contributed by atoms with E-state index in [0.717, 1.165) is 27.6 Å². The van der Waals surface area contributed by atoms with Crippen molar-refractivity contribution in [3.63, 3.8) is 0 Å². The summed E-state index contributed by atoms with van der Waals surface area (Å²) in [6, 6.07) is 17.5. The molecule has 0 atom stereocenters. The molecule has 0 aliphatic carbocycles. The third kappa shape index (κ3) is 3.70. The van der Waals surface area contributed by atoms with Crippen LogP contribution in [0.5, 0.6) is 0 Å². The third-order valence-corrected chi connectivity index (χ3v) is 3.87. The molecule has 130 valence electrons. The van der Waals surface area contributed by atoms with Gasteiger partial charge in [-0.25, -0.2) is 4.79 Å². The number of allylic oxidation sites excluding steroid dienone is 1. The average molecular weight is 343 g/mol. The van der Waals surface area contributed by atoms with Gasteiger partial charge in [0, 0.05) is 22.7 Å². The highest BCUT2D eigenvalue weighted by Crippen LogP contribution is 2.27. The van der Waals surface area contributed by atoms with Gasteiger partial charge in [0.2, 0.25) is 0 Å². The molecule has 0 spiro atoms. The van der Waals surface area contributed by atoms with E-state index in [0.29, 0.717) is 0 Å². The van der Waals surface area contributed by atoms with Gasteiger partial charge in [0.05, 0.1) is 5.52 Å². The lowest BCUT2D eigenvalue weighted by Crippen LogP contribution is -2.26. The number of hydrogen-bond donors (Lipinski definition) is 0. The Hall–Kier alpha value is -3.25. The summed E-state index contributed by atoms with van der Waals surface area (Å²) >= 11 is 0. The second-order valence-electron chi connectivity index (χ2n) is 7.02. The molecule has 0 saturated heterocycles. The SMILES string of the molecule is C#C/C(=C\c1cn(C(=O)OC(C)(C)C)c2ccccc12)c1ccccc1. The van der Waals surface area contributed by atoms with Gasteiger partial charge in [-0.05, 0) is 38.5 Å². The van der Waals surface area contributed by atoms with E-state index in [9.17, 15) is 4.79 Å². The van der Waals surface area contributed by atoms with Crippen molar-refractivity contribution in [1.29, 1.82) is 0 Å². The van der Waals surface area contributed by atoms with Gasteiger partial charge in [-0.15, -0.1) is 6.42 Å². The number of ether oxygens (including phenoxy) is 1. The normalized spacial score (nSPS) is 12.0. The van der Waals surface area contributed by atoms with Gasteiger partial charge in [0.15, 0.2) is 0 Å². The second kappa shape index (κ2) is 6.93. The van der Waals surface area contributed by atoms with Crippen LogP contribution in [-0.4, -0.2) is 16.3 Å². The fourth-order valence-corrected chi connectivity index (χ4v) is 2.76. The Morgan fingerprint density at radius 2 is 1.73 bits per heavy atom. The first-order valence-corrected chi connectivity index (χ1v) is 8.46. The van der Waals surface area contributed by atoms with Crippen LogP contribution in [0.3, 0.4) is 0 Å². The Kier molecular flexibility index (Phi) is 4.69. The summed E-state index contributed by atoms with van der Waals surface area (Å²) in [5.41, 5.74) is 2.83. The van der Waals surface area contributed by atoms with Crippen molar-refractivity contribution in [2.45, 2.75) is 26.4 Å². The van der Waals surface area contributed by atoms with Crippen LogP contribution in [0.4, 0.5) is 4.79 Å². The molecule has 3 heteroatoms. The molecule has 0 bridgehead atoms. The second-order valence-corrected chi connectivity index (χ2v) is 7.02. The molecule has 0 aliphatic heterocycles. The Morgan fingerprint density at radius 3 is 2.38 bits per heavy atom. The number of fused-ring (bicyclic) bond motifs is 1. The lowest BCUT2D eigenvalue weighted by atomic mass is 10.0. The number of carbonyl (C=O) groups is 1. The van der Waals surface area contributed by atoms with E-state index in [4.69, 9.17) is 11.2 Å². The largest absolute Gasteiger partial charge is 0.443 e. The van der Waals surface area contributed by atoms with Crippen molar-refractivity contribution >= 4 is 28.6 Å². The third-order valence-electron chi connectivity index (χ3n) is 3.87. The maximum absolute atomic E-state index is 12.6. The summed E-state index contributed by atoms with van der Waals surface area (Å²) in [4.78, 5) is 12.6. The lowest BCUT2D eigenvalue weighted by molar-refractivity contribution is 0.0544. The van der Waals surface area contributed by atoms with E-state index in [1.54, 1.807) is 6.20 Å². The van der Waals surface area contributed by atoms with Crippen molar-refractivity contribution in [2.24, 2.45) is 0 Å². The molecule has 3 aromatic rings. The molecule has 26 heavy (non-hydrogen) atoms. The molecule has 3 nitrogen and oxygen atoms in total. The fourth-order valence-electron chi connectivity index (χ4n) is 2.76. The number of terminal acetylenes is 1. The van der Waals surface area contributed by atoms with Gasteiger partial charge in [-0.1, -0.05) is 54.5 Å². The van der Waals surface area contributed by atoms with Crippen LogP contribution < -0.4 is 0 Å². The molecule has 1 aromatic heterocycles. The van der Waals surface area contributed by atoms with Gasteiger partial charge in [0.1, 0.15) is 5.60 Å². The zero-order valence-corrected chi connectivity index (χ0v) is 15.2. The highest BCUT2D eigenvalue weighted by Gasteiger charge is 2.20. The smallest absolute Gasteiger partial charge is 0.419 e. The van der Waals surface area contributed by atoms with E-state index in [1.165, 1.54) is 4.57 Å². The first kappa shape index (κ1) is 17.6. The van der Waals surface area contributed by atoms with Crippen LogP contribution >= 0.6 is 0 Å². The van der Waals surface area contributed by atoms with Crippen LogP contribution in [0.15, 0.2) is 60.8 Å². The topological polar surface area (TPSA) is 31.2 Å². The Bertz CT molecular complexity index is 1010. The molecule has 2 aromatic carbocycles. The molecule has 0 aliphatic rings. The number of nitrogens with zero attached hydrogens (tertiary/aromatic N) is 1. The molecular weight excluding hydrogens is 322 g/mol. The number of carbonyl (C=O) groups excluding carboxylic acids is 1. The van der Waals surface area contributed by atoms with E-state index in [-0.39, 0.29) is 0 Å². The van der Waals surface area contributed by atoms with Crippen LogP contribution in [-0.2, 0) is 4.74 Å². The summed E-state index contributed by atoms with van der Waals surface area (Å²) in [7, 11) is 0. The summed E-state index contributed by atoms with van der Waals surface area (Å²) in [5, 5.41) is 0.946. The van der Waals surface area contributed by atoms with Crippen LogP contribution in [0, 0.1) is 12.3 Å². The van der Waals surface area contributed by atoms with Gasteiger partial charge in [-0.3, -0.25) is 4.57 Å². The van der Waals surface area contributed by atoms with E-state index in [1.807, 2.05) is 81.4 Å². The standard InChI is InChI=1S/C23H21NO2/c1-5-17(18-11-7-6-8-12-18)15-19-16-24(22(25)26-23(2,3)4)21-14-10-9-13-20(19)21/h1,6-16H,2-4H3/b17-15+. The molecule has 0 saturated carbocycles. The molecule has 0 N–H and O–H groups in total. The molecule has 0 radical (unpaired) electrons. The van der Waals surface area contributed by atoms with E-state index in [2.05, 4.69) is 5.92 Å². The average Bonchev–Trinajstić information content (AvgIpc) is 2.98. The predicted octanol–water partition coefficient (Wildman–Crippen LogP) is 5.60. The van der Waals surface area contributed by atoms with E-state index < -0.39 is 11.7 Å². The Morgan fingerprint density at radius 1 is 1.08 bits per heavy atom. The molecule has 0 amide bonds. The number of benzene rings is 2.